The number of anilines is 1. The van der Waals surface area contributed by atoms with Gasteiger partial charge in [0.1, 0.15) is 5.82 Å². The molecule has 0 atom stereocenters. The topological polar surface area (TPSA) is 72.9 Å². The number of amides is 1. The summed E-state index contributed by atoms with van der Waals surface area (Å²) < 4.78 is 1.88. The molecule has 0 saturated carbocycles. The van der Waals surface area contributed by atoms with Gasteiger partial charge in [0.05, 0.1) is 13.0 Å². The number of aromatic nitrogens is 2. The maximum Gasteiger partial charge on any atom is 0.224 e. The number of nitrogens with two attached hydrogens (primary N) is 1. The van der Waals surface area contributed by atoms with E-state index >= 15 is 0 Å². The molecule has 0 fully saturated rings. The number of imidazole rings is 1. The van der Waals surface area contributed by atoms with Gasteiger partial charge in [0.2, 0.25) is 5.91 Å². The number of nitrogens with one attached hydrogen (secondary N) is 1. The second-order valence-corrected chi connectivity index (χ2v) is 4.15. The van der Waals surface area contributed by atoms with E-state index < -0.39 is 0 Å². The second-order valence-electron chi connectivity index (χ2n) is 4.15. The molecule has 2 rings (SSSR count). The zero-order valence-electron chi connectivity index (χ0n) is 10.3. The normalized spacial score (nSPS) is 10.3. The van der Waals surface area contributed by atoms with Crippen molar-refractivity contribution in [2.45, 2.75) is 13.0 Å². The van der Waals surface area contributed by atoms with Gasteiger partial charge >= 0.3 is 0 Å². The van der Waals surface area contributed by atoms with Gasteiger partial charge in [-0.2, -0.15) is 0 Å². The van der Waals surface area contributed by atoms with Crippen LogP contribution in [0.1, 0.15) is 11.4 Å². The average molecular weight is 244 g/mol. The molecule has 5 nitrogen and oxygen atoms in total. The van der Waals surface area contributed by atoms with Crippen molar-refractivity contribution in [2.75, 3.05) is 5.73 Å². The van der Waals surface area contributed by atoms with E-state index in [1.54, 1.807) is 18.3 Å². The summed E-state index contributed by atoms with van der Waals surface area (Å²) in [5.41, 5.74) is 7.23. The van der Waals surface area contributed by atoms with Gasteiger partial charge in [0.25, 0.3) is 0 Å². The molecule has 0 spiro atoms. The van der Waals surface area contributed by atoms with Crippen LogP contribution in [0.5, 0.6) is 0 Å². The first-order valence-corrected chi connectivity index (χ1v) is 5.72. The zero-order chi connectivity index (χ0) is 13.0. The molecule has 1 amide bonds. The Hall–Kier alpha value is -2.30. The number of carbonyl (C=O) groups excluding carboxylic acids is 1. The largest absolute Gasteiger partial charge is 0.399 e. The minimum Gasteiger partial charge on any atom is -0.399 e. The van der Waals surface area contributed by atoms with Gasteiger partial charge in [-0.3, -0.25) is 4.79 Å². The Morgan fingerprint density at radius 2 is 2.11 bits per heavy atom. The zero-order valence-corrected chi connectivity index (χ0v) is 10.3. The Balaban J connectivity index is 1.86. The molecule has 1 aromatic carbocycles. The Labute approximate surface area is 106 Å². The van der Waals surface area contributed by atoms with E-state index in [0.29, 0.717) is 18.7 Å². The molecule has 0 radical (unpaired) electrons. The van der Waals surface area contributed by atoms with Crippen molar-refractivity contribution in [1.29, 1.82) is 0 Å². The molecule has 0 saturated heterocycles. The highest BCUT2D eigenvalue weighted by Gasteiger charge is 2.05. The first-order valence-electron chi connectivity index (χ1n) is 5.72. The van der Waals surface area contributed by atoms with Crippen molar-refractivity contribution in [3.63, 3.8) is 0 Å². The molecular formula is C13H16N4O. The molecule has 94 valence electrons. The average Bonchev–Trinajstić information content (AvgIpc) is 2.75. The van der Waals surface area contributed by atoms with E-state index in [2.05, 4.69) is 10.3 Å². The highest BCUT2D eigenvalue weighted by molar-refractivity contribution is 5.78. The molecule has 2 aromatic rings. The van der Waals surface area contributed by atoms with E-state index in [9.17, 15) is 4.79 Å². The molecule has 1 aromatic heterocycles. The highest BCUT2D eigenvalue weighted by atomic mass is 16.1. The van der Waals surface area contributed by atoms with Gasteiger partial charge in [-0.05, 0) is 17.7 Å². The lowest BCUT2D eigenvalue weighted by Crippen LogP contribution is -2.25. The molecule has 18 heavy (non-hydrogen) atoms. The summed E-state index contributed by atoms with van der Waals surface area (Å²) in [4.78, 5) is 15.9. The van der Waals surface area contributed by atoms with Crippen LogP contribution in [0.2, 0.25) is 0 Å². The maximum absolute atomic E-state index is 11.7. The van der Waals surface area contributed by atoms with Crippen molar-refractivity contribution in [1.82, 2.24) is 14.9 Å². The second kappa shape index (κ2) is 5.35. The fourth-order valence-corrected chi connectivity index (χ4v) is 1.63. The molecular weight excluding hydrogens is 228 g/mol. The van der Waals surface area contributed by atoms with Crippen molar-refractivity contribution < 1.29 is 4.79 Å². The van der Waals surface area contributed by atoms with Crippen LogP contribution in [0, 0.1) is 0 Å². The first kappa shape index (κ1) is 12.2. The smallest absolute Gasteiger partial charge is 0.224 e. The minimum absolute atomic E-state index is 0.0252. The van der Waals surface area contributed by atoms with E-state index in [-0.39, 0.29) is 5.91 Å². The number of carbonyl (C=O) groups is 1. The number of hydrogen-bond donors (Lipinski definition) is 2. The van der Waals surface area contributed by atoms with E-state index in [4.69, 9.17) is 5.73 Å². The number of nitrogen functional groups attached to an aromatic ring is 1. The number of hydrogen-bond acceptors (Lipinski definition) is 3. The summed E-state index contributed by atoms with van der Waals surface area (Å²) >= 11 is 0. The number of rotatable bonds is 4. The van der Waals surface area contributed by atoms with E-state index in [1.807, 2.05) is 29.9 Å². The lowest BCUT2D eigenvalue weighted by molar-refractivity contribution is -0.120. The third-order valence-corrected chi connectivity index (χ3v) is 2.71. The van der Waals surface area contributed by atoms with Gasteiger partial charge in [-0.25, -0.2) is 4.98 Å². The quantitative estimate of drug-likeness (QED) is 0.783. The molecule has 0 unspecified atom stereocenters. The lowest BCUT2D eigenvalue weighted by atomic mass is 10.1. The summed E-state index contributed by atoms with van der Waals surface area (Å²) in [6.07, 6.45) is 3.91. The summed E-state index contributed by atoms with van der Waals surface area (Å²) in [6.45, 7) is 0.442. The van der Waals surface area contributed by atoms with Crippen LogP contribution in [0.15, 0.2) is 36.7 Å². The van der Waals surface area contributed by atoms with Crippen molar-refractivity contribution in [2.24, 2.45) is 7.05 Å². The van der Waals surface area contributed by atoms with Crippen LogP contribution in [-0.2, 0) is 24.8 Å². The monoisotopic (exact) mass is 244 g/mol. The fourth-order valence-electron chi connectivity index (χ4n) is 1.63. The number of nitrogens with zero attached hydrogens (tertiary/aromatic N) is 2. The van der Waals surface area contributed by atoms with Crippen LogP contribution in [-0.4, -0.2) is 15.5 Å². The third kappa shape index (κ3) is 3.10. The minimum atomic E-state index is -0.0252. The van der Waals surface area contributed by atoms with Crippen molar-refractivity contribution in [3.8, 4) is 0 Å². The molecule has 0 aliphatic carbocycles. The van der Waals surface area contributed by atoms with Gasteiger partial charge in [-0.1, -0.05) is 12.1 Å². The third-order valence-electron chi connectivity index (χ3n) is 2.71. The molecule has 0 bridgehead atoms. The van der Waals surface area contributed by atoms with Crippen molar-refractivity contribution in [3.05, 3.63) is 48.0 Å². The van der Waals surface area contributed by atoms with Gasteiger partial charge in [-0.15, -0.1) is 0 Å². The Bertz CT molecular complexity index is 530. The fraction of sp³-hybridized carbons (Fsp3) is 0.231. The first-order chi connectivity index (χ1) is 8.65. The molecule has 1 heterocycles. The predicted octanol–water partition coefficient (Wildman–Crippen LogP) is 0.861. The Kier molecular flexibility index (Phi) is 3.62. The summed E-state index contributed by atoms with van der Waals surface area (Å²) in [5, 5.41) is 2.84. The predicted molar refractivity (Wildman–Crippen MR) is 69.6 cm³/mol. The SMILES string of the molecule is Cn1ccnc1CNC(=O)Cc1ccc(N)cc1. The summed E-state index contributed by atoms with van der Waals surface area (Å²) in [5.74, 6) is 0.809. The molecule has 3 N–H and O–H groups in total. The Morgan fingerprint density at radius 3 is 2.72 bits per heavy atom. The summed E-state index contributed by atoms with van der Waals surface area (Å²) in [6, 6.07) is 7.30. The Morgan fingerprint density at radius 1 is 1.39 bits per heavy atom. The van der Waals surface area contributed by atoms with Crippen LogP contribution < -0.4 is 11.1 Å². The van der Waals surface area contributed by atoms with Crippen LogP contribution in [0.4, 0.5) is 5.69 Å². The summed E-state index contributed by atoms with van der Waals surface area (Å²) in [7, 11) is 1.90. The molecule has 0 aliphatic rings. The van der Waals surface area contributed by atoms with Gasteiger partial charge in [0.15, 0.2) is 0 Å². The standard InChI is InChI=1S/C13H16N4O/c1-17-7-6-15-12(17)9-16-13(18)8-10-2-4-11(14)5-3-10/h2-7H,8-9,14H2,1H3,(H,16,18). The van der Waals surface area contributed by atoms with Crippen LogP contribution >= 0.6 is 0 Å². The molecule has 5 heteroatoms. The van der Waals surface area contributed by atoms with Gasteiger partial charge in [0, 0.05) is 25.1 Å². The van der Waals surface area contributed by atoms with Crippen molar-refractivity contribution >= 4 is 11.6 Å². The molecule has 0 aliphatic heterocycles. The van der Waals surface area contributed by atoms with E-state index in [1.165, 1.54) is 0 Å². The maximum atomic E-state index is 11.7. The number of aryl methyl sites for hydroxylation is 1. The highest BCUT2D eigenvalue weighted by Crippen LogP contribution is 2.06. The number of benzene rings is 1. The van der Waals surface area contributed by atoms with E-state index in [0.717, 1.165) is 11.4 Å². The van der Waals surface area contributed by atoms with Crippen LogP contribution in [0.25, 0.3) is 0 Å². The van der Waals surface area contributed by atoms with Crippen LogP contribution in [0.3, 0.4) is 0 Å². The van der Waals surface area contributed by atoms with Gasteiger partial charge < -0.3 is 15.6 Å². The lowest BCUT2D eigenvalue weighted by Gasteiger charge is -2.05.